The molecule has 0 aromatic carbocycles. The lowest BCUT2D eigenvalue weighted by molar-refractivity contribution is 0.777. The standard InChI is InChI=1S/C10H15N/c11-7-9-6-10(9)8-4-2-1-3-5-8/h2,4-5,9-10H,1,3,6-7,11H2. The average Bonchev–Trinajstić information content (AvgIpc) is 2.85. The zero-order valence-corrected chi connectivity index (χ0v) is 6.79. The number of hydrogen-bond donors (Lipinski definition) is 1. The molecule has 0 radical (unpaired) electrons. The largest absolute Gasteiger partial charge is 0.330 e. The number of hydrogen-bond acceptors (Lipinski definition) is 1. The predicted octanol–water partition coefficient (Wildman–Crippen LogP) is 1.86. The van der Waals surface area contributed by atoms with Gasteiger partial charge in [0, 0.05) is 0 Å². The van der Waals surface area contributed by atoms with E-state index in [2.05, 4.69) is 18.2 Å². The Hall–Kier alpha value is -0.560. The fourth-order valence-corrected chi connectivity index (χ4v) is 1.82. The number of allylic oxidation sites excluding steroid dienone is 4. The van der Waals surface area contributed by atoms with Crippen molar-refractivity contribution in [2.45, 2.75) is 19.3 Å². The molecule has 0 amide bonds. The smallest absolute Gasteiger partial charge is 0.00428 e. The molecule has 2 atom stereocenters. The fraction of sp³-hybridized carbons (Fsp3) is 0.600. The zero-order valence-electron chi connectivity index (χ0n) is 6.79. The SMILES string of the molecule is NCC1CC1C1=CCCC=C1. The molecule has 2 aliphatic carbocycles. The van der Waals surface area contributed by atoms with Crippen LogP contribution in [0.25, 0.3) is 0 Å². The Morgan fingerprint density at radius 3 is 2.91 bits per heavy atom. The van der Waals surface area contributed by atoms with Crippen LogP contribution in [0.3, 0.4) is 0 Å². The maximum absolute atomic E-state index is 5.58. The van der Waals surface area contributed by atoms with E-state index < -0.39 is 0 Å². The van der Waals surface area contributed by atoms with Gasteiger partial charge in [0.25, 0.3) is 0 Å². The lowest BCUT2D eigenvalue weighted by Crippen LogP contribution is -2.03. The molecule has 2 unspecified atom stereocenters. The normalized spacial score (nSPS) is 35.2. The molecule has 1 saturated carbocycles. The second kappa shape index (κ2) is 2.82. The van der Waals surface area contributed by atoms with Crippen LogP contribution in [-0.4, -0.2) is 6.54 Å². The molecule has 2 rings (SSSR count). The van der Waals surface area contributed by atoms with Gasteiger partial charge in [-0.1, -0.05) is 18.2 Å². The van der Waals surface area contributed by atoms with E-state index in [4.69, 9.17) is 5.73 Å². The first-order valence-corrected chi connectivity index (χ1v) is 4.48. The molecule has 0 spiro atoms. The third-order valence-electron chi connectivity index (χ3n) is 2.68. The van der Waals surface area contributed by atoms with Crippen LogP contribution >= 0.6 is 0 Å². The summed E-state index contributed by atoms with van der Waals surface area (Å²) in [5, 5.41) is 0. The molecule has 1 fully saturated rings. The van der Waals surface area contributed by atoms with Crippen molar-refractivity contribution in [2.24, 2.45) is 17.6 Å². The van der Waals surface area contributed by atoms with Crippen molar-refractivity contribution in [2.75, 3.05) is 6.54 Å². The maximum atomic E-state index is 5.58. The minimum atomic E-state index is 0.795. The first-order valence-electron chi connectivity index (χ1n) is 4.48. The van der Waals surface area contributed by atoms with E-state index in [0.29, 0.717) is 0 Å². The second-order valence-corrected chi connectivity index (χ2v) is 3.52. The fourth-order valence-electron chi connectivity index (χ4n) is 1.82. The quantitative estimate of drug-likeness (QED) is 0.637. The molecule has 1 heteroatoms. The molecular formula is C10H15N. The highest BCUT2D eigenvalue weighted by atomic mass is 14.6. The molecular weight excluding hydrogens is 134 g/mol. The Morgan fingerprint density at radius 1 is 1.45 bits per heavy atom. The summed E-state index contributed by atoms with van der Waals surface area (Å²) in [6.45, 7) is 0.871. The van der Waals surface area contributed by atoms with E-state index in [1.54, 1.807) is 5.57 Å². The molecule has 2 aliphatic rings. The van der Waals surface area contributed by atoms with E-state index >= 15 is 0 Å². The maximum Gasteiger partial charge on any atom is -0.00428 e. The van der Waals surface area contributed by atoms with Gasteiger partial charge in [0.2, 0.25) is 0 Å². The summed E-state index contributed by atoms with van der Waals surface area (Å²) < 4.78 is 0. The molecule has 0 aromatic heterocycles. The summed E-state index contributed by atoms with van der Waals surface area (Å²) >= 11 is 0. The average molecular weight is 149 g/mol. The Kier molecular flexibility index (Phi) is 1.82. The summed E-state index contributed by atoms with van der Waals surface area (Å²) in [7, 11) is 0. The van der Waals surface area contributed by atoms with E-state index in [9.17, 15) is 0 Å². The number of nitrogens with two attached hydrogens (primary N) is 1. The molecule has 11 heavy (non-hydrogen) atoms. The highest BCUT2D eigenvalue weighted by Crippen LogP contribution is 2.44. The zero-order chi connectivity index (χ0) is 7.68. The van der Waals surface area contributed by atoms with Gasteiger partial charge in [-0.05, 0) is 43.2 Å². The molecule has 0 bridgehead atoms. The van der Waals surface area contributed by atoms with Crippen molar-refractivity contribution < 1.29 is 0 Å². The van der Waals surface area contributed by atoms with Crippen molar-refractivity contribution >= 4 is 0 Å². The first kappa shape index (κ1) is 7.11. The van der Waals surface area contributed by atoms with Crippen LogP contribution < -0.4 is 5.73 Å². The Balaban J connectivity index is 1.96. The Bertz CT molecular complexity index is 203. The predicted molar refractivity (Wildman–Crippen MR) is 47.1 cm³/mol. The lowest BCUT2D eigenvalue weighted by Gasteiger charge is -2.04. The first-order chi connectivity index (χ1) is 5.42. The van der Waals surface area contributed by atoms with Crippen molar-refractivity contribution in [3.05, 3.63) is 23.8 Å². The van der Waals surface area contributed by atoms with Gasteiger partial charge >= 0.3 is 0 Å². The van der Waals surface area contributed by atoms with Crippen molar-refractivity contribution in [1.82, 2.24) is 0 Å². The van der Waals surface area contributed by atoms with Crippen LogP contribution in [0.2, 0.25) is 0 Å². The van der Waals surface area contributed by atoms with Gasteiger partial charge < -0.3 is 5.73 Å². The molecule has 0 aliphatic heterocycles. The molecule has 0 aromatic rings. The monoisotopic (exact) mass is 149 g/mol. The summed E-state index contributed by atoms with van der Waals surface area (Å²) in [6.07, 6.45) is 10.7. The third-order valence-corrected chi connectivity index (χ3v) is 2.68. The molecule has 0 heterocycles. The molecule has 1 nitrogen and oxygen atoms in total. The minimum Gasteiger partial charge on any atom is -0.330 e. The number of rotatable bonds is 2. The highest BCUT2D eigenvalue weighted by Gasteiger charge is 2.37. The van der Waals surface area contributed by atoms with Gasteiger partial charge in [0.05, 0.1) is 0 Å². The summed E-state index contributed by atoms with van der Waals surface area (Å²) in [6, 6.07) is 0. The van der Waals surface area contributed by atoms with Gasteiger partial charge in [-0.15, -0.1) is 0 Å². The van der Waals surface area contributed by atoms with Crippen LogP contribution in [-0.2, 0) is 0 Å². The van der Waals surface area contributed by atoms with Crippen molar-refractivity contribution in [1.29, 1.82) is 0 Å². The van der Waals surface area contributed by atoms with E-state index in [1.165, 1.54) is 19.3 Å². The molecule has 2 N–H and O–H groups in total. The lowest BCUT2D eigenvalue weighted by atomic mass is 10.0. The minimum absolute atomic E-state index is 0.795. The van der Waals surface area contributed by atoms with Crippen LogP contribution in [0.15, 0.2) is 23.8 Å². The molecule has 60 valence electrons. The second-order valence-electron chi connectivity index (χ2n) is 3.52. The van der Waals surface area contributed by atoms with Crippen LogP contribution in [0, 0.1) is 11.8 Å². The topological polar surface area (TPSA) is 26.0 Å². The van der Waals surface area contributed by atoms with Crippen LogP contribution in [0.1, 0.15) is 19.3 Å². The van der Waals surface area contributed by atoms with Gasteiger partial charge in [-0.3, -0.25) is 0 Å². The van der Waals surface area contributed by atoms with Gasteiger partial charge in [0.1, 0.15) is 0 Å². The van der Waals surface area contributed by atoms with Crippen LogP contribution in [0.4, 0.5) is 0 Å². The van der Waals surface area contributed by atoms with Crippen molar-refractivity contribution in [3.63, 3.8) is 0 Å². The van der Waals surface area contributed by atoms with E-state index in [0.717, 1.165) is 18.4 Å². The van der Waals surface area contributed by atoms with Gasteiger partial charge in [0.15, 0.2) is 0 Å². The summed E-state index contributed by atoms with van der Waals surface area (Å²) in [4.78, 5) is 0. The summed E-state index contributed by atoms with van der Waals surface area (Å²) in [5.41, 5.74) is 7.13. The Morgan fingerprint density at radius 2 is 2.36 bits per heavy atom. The third kappa shape index (κ3) is 1.38. The molecule has 0 saturated heterocycles. The highest BCUT2D eigenvalue weighted by molar-refractivity contribution is 5.29. The van der Waals surface area contributed by atoms with Gasteiger partial charge in [-0.2, -0.15) is 0 Å². The summed E-state index contributed by atoms with van der Waals surface area (Å²) in [5.74, 6) is 1.61. The van der Waals surface area contributed by atoms with Gasteiger partial charge in [-0.25, -0.2) is 0 Å². The van der Waals surface area contributed by atoms with Crippen molar-refractivity contribution in [3.8, 4) is 0 Å². The van der Waals surface area contributed by atoms with E-state index in [-0.39, 0.29) is 0 Å². The van der Waals surface area contributed by atoms with E-state index in [1.807, 2.05) is 0 Å². The Labute approximate surface area is 68.0 Å². The van der Waals surface area contributed by atoms with Crippen LogP contribution in [0.5, 0.6) is 0 Å².